The Labute approximate surface area is 438 Å². The van der Waals surface area contributed by atoms with Gasteiger partial charge >= 0.3 is 0 Å². The lowest BCUT2D eigenvalue weighted by molar-refractivity contribution is 0.291. The molecule has 76 heavy (non-hydrogen) atoms. The van der Waals surface area contributed by atoms with Gasteiger partial charge in [0.1, 0.15) is 23.0 Å². The molecule has 16 nitrogen and oxygen atoms in total. The fourth-order valence-corrected chi connectivity index (χ4v) is 10.6. The molecule has 0 spiro atoms. The van der Waals surface area contributed by atoms with Crippen molar-refractivity contribution in [3.8, 4) is 23.0 Å². The van der Waals surface area contributed by atoms with Crippen molar-refractivity contribution in [2.75, 3.05) is 26.4 Å². The number of hydrogen-bond acceptors (Lipinski definition) is 12. The summed E-state index contributed by atoms with van der Waals surface area (Å²) >= 11 is 0. The minimum absolute atomic E-state index is 0.0227. The van der Waals surface area contributed by atoms with Gasteiger partial charge in [0.15, 0.2) is 0 Å². The molecule has 0 aliphatic carbocycles. The molecule has 18 rings (SSSR count). The van der Waals surface area contributed by atoms with Crippen LogP contribution in [0.25, 0.3) is 43.1 Å². The van der Waals surface area contributed by atoms with Gasteiger partial charge < -0.3 is 18.9 Å². The van der Waals surface area contributed by atoms with E-state index in [0.29, 0.717) is 97.4 Å². The average Bonchev–Trinajstić information content (AvgIpc) is 4.05. The van der Waals surface area contributed by atoms with Crippen LogP contribution in [0.15, 0.2) is 86.9 Å². The lowest BCUT2D eigenvalue weighted by Crippen LogP contribution is -2.28. The fraction of sp³-hybridized carbons (Fsp3) is 0.467. The second-order valence-corrected chi connectivity index (χ2v) is 20.4. The maximum absolute atomic E-state index is 14.5. The van der Waals surface area contributed by atoms with E-state index in [4.69, 9.17) is 18.9 Å². The van der Waals surface area contributed by atoms with E-state index in [2.05, 4.69) is 27.7 Å². The van der Waals surface area contributed by atoms with Crippen molar-refractivity contribution in [2.45, 2.75) is 157 Å². The monoisotopic (exact) mass is 1040 g/mol. The van der Waals surface area contributed by atoms with Crippen molar-refractivity contribution in [3.05, 3.63) is 154 Å². The normalized spacial score (nSPS) is 12.7. The highest BCUT2D eigenvalue weighted by atomic mass is 16.5. The van der Waals surface area contributed by atoms with Gasteiger partial charge in [-0.1, -0.05) is 105 Å². The Bertz CT molecular complexity index is 3220. The quantitative estimate of drug-likeness (QED) is 0.0525. The highest BCUT2D eigenvalue weighted by Crippen LogP contribution is 2.34. The third kappa shape index (κ3) is 10.6. The molecule has 0 unspecified atom stereocenters. The summed E-state index contributed by atoms with van der Waals surface area (Å²) in [6, 6.07) is 12.0. The second kappa shape index (κ2) is 23.7. The van der Waals surface area contributed by atoms with Gasteiger partial charge in [-0.15, -0.1) is 0 Å². The highest BCUT2D eigenvalue weighted by molar-refractivity contribution is 5.99. The summed E-state index contributed by atoms with van der Waals surface area (Å²) in [7, 11) is 0. The first-order chi connectivity index (χ1) is 36.9. The van der Waals surface area contributed by atoms with Gasteiger partial charge in [-0.25, -0.2) is 0 Å². The number of hydrogen-bond donors (Lipinski definition) is 0. The van der Waals surface area contributed by atoms with Crippen molar-refractivity contribution < 1.29 is 18.9 Å². The molecule has 0 fully saturated rings. The van der Waals surface area contributed by atoms with Crippen LogP contribution in [0.2, 0.25) is 0 Å². The Morgan fingerprint density at radius 1 is 0.276 bits per heavy atom. The van der Waals surface area contributed by atoms with Crippen LogP contribution >= 0.6 is 0 Å². The van der Waals surface area contributed by atoms with E-state index in [1.54, 1.807) is 24.3 Å². The maximum atomic E-state index is 14.5. The summed E-state index contributed by atoms with van der Waals surface area (Å²) in [4.78, 5) is 116. The molecule has 0 saturated heterocycles. The van der Waals surface area contributed by atoms with E-state index < -0.39 is 44.5 Å². The van der Waals surface area contributed by atoms with Crippen molar-refractivity contribution in [2.24, 2.45) is 0 Å². The highest BCUT2D eigenvalue weighted by Gasteiger charge is 2.26. The molecule has 14 heterocycles. The van der Waals surface area contributed by atoms with Gasteiger partial charge in [-0.3, -0.25) is 56.6 Å². The molecular formula is C60H68N4O12. The lowest BCUT2D eigenvalue weighted by atomic mass is 10.1. The minimum Gasteiger partial charge on any atom is -0.493 e. The minimum atomic E-state index is -0.657. The summed E-state index contributed by atoms with van der Waals surface area (Å²) in [5.41, 5.74) is -3.58. The van der Waals surface area contributed by atoms with E-state index in [1.807, 2.05) is 0 Å². The Morgan fingerprint density at radius 2 is 0.461 bits per heavy atom. The topological polar surface area (TPSA) is 193 Å². The smallest absolute Gasteiger partial charge is 0.261 e. The molecule has 4 aromatic heterocycles. The van der Waals surface area contributed by atoms with Gasteiger partial charge in [-0.05, 0) is 74.2 Å². The molecule has 8 aromatic rings. The van der Waals surface area contributed by atoms with Crippen molar-refractivity contribution in [1.29, 1.82) is 0 Å². The molecule has 10 aliphatic rings. The van der Waals surface area contributed by atoms with E-state index in [9.17, 15) is 38.4 Å². The fourth-order valence-electron chi connectivity index (χ4n) is 10.6. The number of aromatic nitrogens is 4. The predicted molar refractivity (Wildman–Crippen MR) is 298 cm³/mol. The Morgan fingerprint density at radius 3 is 0.632 bits per heavy atom. The van der Waals surface area contributed by atoms with Gasteiger partial charge in [-0.2, -0.15) is 0 Å². The van der Waals surface area contributed by atoms with Crippen LogP contribution < -0.4 is 63.4 Å². The number of benzene rings is 4. The maximum Gasteiger partial charge on any atom is 0.261 e. The molecule has 400 valence electrons. The summed E-state index contributed by atoms with van der Waals surface area (Å²) in [5.74, 6) is 1.22. The van der Waals surface area contributed by atoms with Gasteiger partial charge in [0.2, 0.25) is 0 Å². The van der Waals surface area contributed by atoms with Crippen LogP contribution in [0.3, 0.4) is 0 Å². The Balaban J connectivity index is 1.27. The van der Waals surface area contributed by atoms with Crippen molar-refractivity contribution in [1.82, 2.24) is 18.3 Å². The summed E-state index contributed by atoms with van der Waals surface area (Å²) < 4.78 is 29.9. The summed E-state index contributed by atoms with van der Waals surface area (Å²) in [6.45, 7) is 8.51. The molecule has 0 amide bonds. The van der Waals surface area contributed by atoms with Crippen LogP contribution in [0.1, 0.15) is 153 Å². The van der Waals surface area contributed by atoms with Gasteiger partial charge in [0, 0.05) is 22.3 Å². The van der Waals surface area contributed by atoms with Gasteiger partial charge in [0.25, 0.3) is 44.5 Å². The van der Waals surface area contributed by atoms with E-state index in [1.165, 1.54) is 24.3 Å². The molecular weight excluding hydrogens is 969 g/mol. The number of nitrogens with zero attached hydrogens (tertiary/aromatic N) is 4. The van der Waals surface area contributed by atoms with E-state index in [-0.39, 0.29) is 69.3 Å². The van der Waals surface area contributed by atoms with Crippen LogP contribution in [0, 0.1) is 0 Å². The largest absolute Gasteiger partial charge is 0.493 e. The molecule has 0 atom stereocenters. The zero-order valence-electron chi connectivity index (χ0n) is 44.3. The standard InChI is InChI=1S/C60H68N4O12/c1-5-9-13-17-21-73-49-25-38-34-62-55(67)43-31-47-48(32-44(43)56(62)68)60(72)64(59(47)71)36-40-28-51(75-23-19-15-11-7-3)39(27-52(40)76-24-20-16-12-8-4)35-63-57(69)45-29-41-42(30-46(45)58(63)70)54(66)61(53(41)65)33-37(49)26-50(38)74-22-18-14-10-6-2/h25-32H,5-24,33-36H2,1-4H3. The second-order valence-electron chi connectivity index (χ2n) is 20.4. The third-order valence-corrected chi connectivity index (χ3v) is 14.9. The first-order valence-corrected chi connectivity index (χ1v) is 27.5. The molecule has 0 saturated carbocycles. The van der Waals surface area contributed by atoms with Crippen LogP contribution in [0.4, 0.5) is 0 Å². The number of rotatable bonds is 24. The first kappa shape index (κ1) is 53.5. The van der Waals surface area contributed by atoms with Crippen molar-refractivity contribution in [3.63, 3.8) is 0 Å². The first-order valence-electron chi connectivity index (χ1n) is 27.5. The Hall–Kier alpha value is -7.36. The number of unbranched alkanes of at least 4 members (excludes halogenated alkanes) is 12. The average molecular weight is 1040 g/mol. The lowest BCUT2D eigenvalue weighted by Gasteiger charge is -2.18. The molecule has 0 N–H and O–H groups in total. The molecule has 0 radical (unpaired) electrons. The van der Waals surface area contributed by atoms with Crippen LogP contribution in [0.5, 0.6) is 23.0 Å². The predicted octanol–water partition coefficient (Wildman–Crippen LogP) is 8.48. The van der Waals surface area contributed by atoms with E-state index >= 15 is 0 Å². The van der Waals surface area contributed by atoms with Crippen LogP contribution in [-0.4, -0.2) is 44.7 Å². The van der Waals surface area contributed by atoms with Gasteiger partial charge in [0.05, 0.1) is 95.7 Å². The molecule has 16 bridgehead atoms. The zero-order chi connectivity index (χ0) is 53.6. The third-order valence-electron chi connectivity index (χ3n) is 14.9. The number of ether oxygens (including phenoxy) is 4. The van der Waals surface area contributed by atoms with E-state index in [0.717, 1.165) is 95.3 Å². The van der Waals surface area contributed by atoms with Crippen LogP contribution in [-0.2, 0) is 26.2 Å². The summed E-state index contributed by atoms with van der Waals surface area (Å²) in [5, 5.41) is -0.182. The zero-order valence-corrected chi connectivity index (χ0v) is 44.3. The molecule has 10 aliphatic heterocycles. The summed E-state index contributed by atoms with van der Waals surface area (Å²) in [6.07, 6.45) is 14.4. The Kier molecular flexibility index (Phi) is 16.7. The molecule has 4 aromatic carbocycles. The SMILES string of the molecule is CCCCCCOc1cc2c(OCCCCCC)cc1Cn1c(=O)c3cc4c(=O)n(c(=O)c4cc3c1=O)Cc1cc(OCCCCCC)c(cc1OCCCCCC)Cn1c(=O)c3cc4c(=O)n(c(=O)c4cc3c1=O)C2. The molecule has 16 heteroatoms. The van der Waals surface area contributed by atoms with Crippen molar-refractivity contribution >= 4 is 43.1 Å².